The monoisotopic (exact) mass is 314 g/mol. The van der Waals surface area contributed by atoms with Crippen molar-refractivity contribution < 1.29 is 9.53 Å². The third-order valence-electron chi connectivity index (χ3n) is 3.93. The predicted molar refractivity (Wildman–Crippen MR) is 86.6 cm³/mol. The van der Waals surface area contributed by atoms with Crippen molar-refractivity contribution in [3.05, 3.63) is 33.9 Å². The molecule has 3 rings (SSSR count). The van der Waals surface area contributed by atoms with Gasteiger partial charge in [0.1, 0.15) is 22.6 Å². The number of nitrogens with zero attached hydrogens (tertiary/aromatic N) is 4. The maximum atomic E-state index is 12.7. The number of ether oxygens (including phenoxy) is 1. The number of aryl methyl sites for hydroxylation is 3. The van der Waals surface area contributed by atoms with Crippen LogP contribution in [-0.4, -0.2) is 31.7 Å². The summed E-state index contributed by atoms with van der Waals surface area (Å²) in [6.07, 6.45) is 1.52. The molecule has 0 radical (unpaired) electrons. The maximum absolute atomic E-state index is 12.7. The standard InChI is InChI=1S/C16H18N4O3/c1-5-20-8-11(16(22)23-6-2)13(21)10-7-12-15(18-14(10)20)19(4)9(3)17-12/h7-8H,5-6H2,1-4H3. The van der Waals surface area contributed by atoms with Crippen molar-refractivity contribution >= 4 is 28.2 Å². The number of esters is 1. The normalized spacial score (nSPS) is 11.3. The van der Waals surface area contributed by atoms with Crippen LogP contribution in [-0.2, 0) is 18.3 Å². The van der Waals surface area contributed by atoms with Crippen LogP contribution in [0.5, 0.6) is 0 Å². The molecule has 7 nitrogen and oxygen atoms in total. The van der Waals surface area contributed by atoms with Crippen LogP contribution >= 0.6 is 0 Å². The van der Waals surface area contributed by atoms with Crippen LogP contribution in [0.3, 0.4) is 0 Å². The van der Waals surface area contributed by atoms with Gasteiger partial charge in [0.15, 0.2) is 5.65 Å². The van der Waals surface area contributed by atoms with Crippen molar-refractivity contribution in [3.8, 4) is 0 Å². The van der Waals surface area contributed by atoms with Gasteiger partial charge in [0.25, 0.3) is 0 Å². The topological polar surface area (TPSA) is 79.0 Å². The average Bonchev–Trinajstić information content (AvgIpc) is 2.81. The molecular weight excluding hydrogens is 296 g/mol. The number of rotatable bonds is 3. The van der Waals surface area contributed by atoms with Gasteiger partial charge in [-0.15, -0.1) is 0 Å². The van der Waals surface area contributed by atoms with E-state index in [0.29, 0.717) is 28.7 Å². The second-order valence-corrected chi connectivity index (χ2v) is 5.30. The smallest absolute Gasteiger partial charge is 0.343 e. The first-order chi connectivity index (χ1) is 11.0. The first-order valence-electron chi connectivity index (χ1n) is 7.52. The minimum absolute atomic E-state index is 0.0232. The van der Waals surface area contributed by atoms with Gasteiger partial charge < -0.3 is 13.9 Å². The molecule has 0 spiro atoms. The molecule has 0 aliphatic rings. The van der Waals surface area contributed by atoms with E-state index in [2.05, 4.69) is 9.97 Å². The first kappa shape index (κ1) is 15.2. The molecule has 3 heterocycles. The zero-order chi connectivity index (χ0) is 16.7. The second kappa shape index (κ2) is 5.49. The van der Waals surface area contributed by atoms with E-state index >= 15 is 0 Å². The third kappa shape index (κ3) is 2.28. The summed E-state index contributed by atoms with van der Waals surface area (Å²) >= 11 is 0. The molecule has 0 atom stereocenters. The Bertz CT molecular complexity index is 985. The fourth-order valence-corrected chi connectivity index (χ4v) is 2.62. The highest BCUT2D eigenvalue weighted by Gasteiger charge is 2.18. The van der Waals surface area contributed by atoms with Gasteiger partial charge in [0, 0.05) is 19.8 Å². The average molecular weight is 314 g/mol. The van der Waals surface area contributed by atoms with Crippen molar-refractivity contribution in [2.75, 3.05) is 6.61 Å². The summed E-state index contributed by atoms with van der Waals surface area (Å²) in [5.74, 6) is 0.197. The third-order valence-corrected chi connectivity index (χ3v) is 3.93. The molecule has 0 saturated carbocycles. The van der Waals surface area contributed by atoms with Gasteiger partial charge in [-0.25, -0.2) is 14.8 Å². The minimum Gasteiger partial charge on any atom is -0.462 e. The molecule has 3 aromatic heterocycles. The lowest BCUT2D eigenvalue weighted by atomic mass is 10.2. The van der Waals surface area contributed by atoms with Gasteiger partial charge in [0.2, 0.25) is 5.43 Å². The summed E-state index contributed by atoms with van der Waals surface area (Å²) in [6.45, 7) is 6.32. The number of pyridine rings is 2. The first-order valence-corrected chi connectivity index (χ1v) is 7.52. The van der Waals surface area contributed by atoms with Crippen molar-refractivity contribution in [1.29, 1.82) is 0 Å². The molecule has 0 amide bonds. The van der Waals surface area contributed by atoms with Crippen molar-refractivity contribution in [3.63, 3.8) is 0 Å². The van der Waals surface area contributed by atoms with Gasteiger partial charge in [0.05, 0.1) is 12.0 Å². The SMILES string of the molecule is CCOC(=O)c1cn(CC)c2nc3c(cc2c1=O)nc(C)n3C. The Labute approximate surface area is 132 Å². The number of hydrogen-bond acceptors (Lipinski definition) is 5. The van der Waals surface area contributed by atoms with Crippen LogP contribution in [0.4, 0.5) is 0 Å². The Morgan fingerprint density at radius 2 is 2.00 bits per heavy atom. The van der Waals surface area contributed by atoms with E-state index in [1.165, 1.54) is 6.20 Å². The summed E-state index contributed by atoms with van der Waals surface area (Å²) < 4.78 is 8.63. The number of imidazole rings is 1. The maximum Gasteiger partial charge on any atom is 0.343 e. The molecule has 23 heavy (non-hydrogen) atoms. The molecule has 3 aromatic rings. The molecular formula is C16H18N4O3. The van der Waals surface area contributed by atoms with Crippen LogP contribution in [0.1, 0.15) is 30.0 Å². The Kier molecular flexibility index (Phi) is 3.63. The molecule has 7 heteroatoms. The minimum atomic E-state index is -0.612. The highest BCUT2D eigenvalue weighted by molar-refractivity contribution is 5.95. The van der Waals surface area contributed by atoms with Gasteiger partial charge in [-0.05, 0) is 26.8 Å². The number of fused-ring (bicyclic) bond motifs is 2. The summed E-state index contributed by atoms with van der Waals surface area (Å²) in [7, 11) is 1.88. The largest absolute Gasteiger partial charge is 0.462 e. The summed E-state index contributed by atoms with van der Waals surface area (Å²) in [5, 5.41) is 0.378. The van der Waals surface area contributed by atoms with Crippen LogP contribution in [0.15, 0.2) is 17.1 Å². The Morgan fingerprint density at radius 1 is 1.26 bits per heavy atom. The zero-order valence-corrected chi connectivity index (χ0v) is 13.6. The van der Waals surface area contributed by atoms with Crippen LogP contribution in [0.2, 0.25) is 0 Å². The van der Waals surface area contributed by atoms with Gasteiger partial charge in [-0.3, -0.25) is 4.79 Å². The molecule has 0 saturated heterocycles. The van der Waals surface area contributed by atoms with Crippen LogP contribution in [0.25, 0.3) is 22.2 Å². The van der Waals surface area contributed by atoms with E-state index in [4.69, 9.17) is 4.74 Å². The van der Waals surface area contributed by atoms with E-state index in [1.54, 1.807) is 17.6 Å². The number of carbonyl (C=O) groups excluding carboxylic acids is 1. The Hall–Kier alpha value is -2.70. The quantitative estimate of drug-likeness (QED) is 0.689. The molecule has 0 bridgehead atoms. The summed E-state index contributed by atoms with van der Waals surface area (Å²) in [6, 6.07) is 1.70. The lowest BCUT2D eigenvalue weighted by Crippen LogP contribution is -2.21. The number of aromatic nitrogens is 4. The number of hydrogen-bond donors (Lipinski definition) is 0. The van der Waals surface area contributed by atoms with Gasteiger partial charge >= 0.3 is 5.97 Å². The van der Waals surface area contributed by atoms with E-state index in [-0.39, 0.29) is 17.6 Å². The molecule has 0 fully saturated rings. The van der Waals surface area contributed by atoms with E-state index in [0.717, 1.165) is 5.82 Å². The van der Waals surface area contributed by atoms with Crippen LogP contribution in [0, 0.1) is 6.92 Å². The lowest BCUT2D eigenvalue weighted by molar-refractivity contribution is 0.0524. The van der Waals surface area contributed by atoms with Gasteiger partial charge in [-0.2, -0.15) is 0 Å². The Balaban J connectivity index is 2.40. The second-order valence-electron chi connectivity index (χ2n) is 5.30. The number of carbonyl (C=O) groups is 1. The summed E-state index contributed by atoms with van der Waals surface area (Å²) in [5.41, 5.74) is 1.54. The zero-order valence-electron chi connectivity index (χ0n) is 13.6. The van der Waals surface area contributed by atoms with Crippen molar-refractivity contribution in [2.24, 2.45) is 7.05 Å². The Morgan fingerprint density at radius 3 is 2.65 bits per heavy atom. The molecule has 120 valence electrons. The fraction of sp³-hybridized carbons (Fsp3) is 0.375. The highest BCUT2D eigenvalue weighted by Crippen LogP contribution is 2.18. The highest BCUT2D eigenvalue weighted by atomic mass is 16.5. The van der Waals surface area contributed by atoms with Gasteiger partial charge in [-0.1, -0.05) is 0 Å². The molecule has 0 unspecified atom stereocenters. The van der Waals surface area contributed by atoms with Crippen molar-refractivity contribution in [1.82, 2.24) is 19.1 Å². The predicted octanol–water partition coefficient (Wildman–Crippen LogP) is 1.79. The molecule has 0 aliphatic carbocycles. The van der Waals surface area contributed by atoms with Crippen molar-refractivity contribution in [2.45, 2.75) is 27.3 Å². The van der Waals surface area contributed by atoms with Crippen LogP contribution < -0.4 is 5.43 Å². The molecule has 0 N–H and O–H groups in total. The van der Waals surface area contributed by atoms with E-state index in [9.17, 15) is 9.59 Å². The molecule has 0 aliphatic heterocycles. The summed E-state index contributed by atoms with van der Waals surface area (Å²) in [4.78, 5) is 33.7. The fourth-order valence-electron chi connectivity index (χ4n) is 2.62. The van der Waals surface area contributed by atoms with E-state index < -0.39 is 5.97 Å². The molecule has 0 aromatic carbocycles. The lowest BCUT2D eigenvalue weighted by Gasteiger charge is -2.10. The van der Waals surface area contributed by atoms with E-state index in [1.807, 2.05) is 25.5 Å².